The summed E-state index contributed by atoms with van der Waals surface area (Å²) in [5, 5.41) is 3.29. The van der Waals surface area contributed by atoms with Gasteiger partial charge in [-0.3, -0.25) is 10.1 Å². The van der Waals surface area contributed by atoms with Gasteiger partial charge in [-0.05, 0) is 49.1 Å². The summed E-state index contributed by atoms with van der Waals surface area (Å²) in [4.78, 5) is 14.2. The van der Waals surface area contributed by atoms with Crippen molar-refractivity contribution in [2.45, 2.75) is 45.6 Å². The number of nitrogens with one attached hydrogen (secondary N) is 1. The van der Waals surface area contributed by atoms with Gasteiger partial charge >= 0.3 is 0 Å². The van der Waals surface area contributed by atoms with E-state index in [-0.39, 0.29) is 24.1 Å². The van der Waals surface area contributed by atoms with E-state index in [1.807, 2.05) is 7.05 Å². The third-order valence-electron chi connectivity index (χ3n) is 5.05. The predicted molar refractivity (Wildman–Crippen MR) is 104 cm³/mol. The minimum absolute atomic E-state index is 0.0985. The van der Waals surface area contributed by atoms with Crippen molar-refractivity contribution in [2.24, 2.45) is 0 Å². The third-order valence-corrected chi connectivity index (χ3v) is 5.05. The highest BCUT2D eigenvalue weighted by molar-refractivity contribution is 5.75. The highest BCUT2D eigenvalue weighted by Crippen LogP contribution is 2.25. The molecule has 5 heteroatoms. The van der Waals surface area contributed by atoms with E-state index in [4.69, 9.17) is 4.74 Å². The fourth-order valence-electron chi connectivity index (χ4n) is 3.39. The second-order valence-corrected chi connectivity index (χ2v) is 7.29. The Hall–Kier alpha value is -2.24. The molecule has 0 aromatic heterocycles. The van der Waals surface area contributed by atoms with Crippen LogP contribution < -0.4 is 5.32 Å². The molecule has 2 atom stereocenters. The van der Waals surface area contributed by atoms with Gasteiger partial charge in [0, 0.05) is 26.6 Å². The van der Waals surface area contributed by atoms with Crippen LogP contribution in [0.1, 0.15) is 41.2 Å². The Balaban J connectivity index is 1.47. The number of nitrogens with zero attached hydrogens (tertiary/aromatic N) is 1. The van der Waals surface area contributed by atoms with Crippen LogP contribution in [-0.4, -0.2) is 30.6 Å². The first-order valence-electron chi connectivity index (χ1n) is 9.37. The first-order valence-corrected chi connectivity index (χ1v) is 9.37. The lowest BCUT2D eigenvalue weighted by molar-refractivity contribution is -0.131. The van der Waals surface area contributed by atoms with Crippen LogP contribution in [0.25, 0.3) is 0 Å². The first kappa shape index (κ1) is 19.5. The molecule has 0 saturated carbocycles. The molecule has 0 spiro atoms. The van der Waals surface area contributed by atoms with E-state index in [9.17, 15) is 9.18 Å². The standard InChI is InChI=1S/C22H27FN2O2/c1-15-4-5-18(16(2)12-15)14-25(3)22(26)11-10-21-24-13-20(27-21)17-6-8-19(23)9-7-17/h4-9,12,20-21,24H,10-11,13-14H2,1-3H3. The Morgan fingerprint density at radius 1 is 1.22 bits per heavy atom. The molecule has 2 unspecified atom stereocenters. The van der Waals surface area contributed by atoms with Crippen LogP contribution in [0, 0.1) is 19.7 Å². The molecular formula is C22H27FN2O2. The number of amides is 1. The number of benzene rings is 2. The van der Waals surface area contributed by atoms with Crippen molar-refractivity contribution in [3.63, 3.8) is 0 Å². The van der Waals surface area contributed by atoms with Crippen molar-refractivity contribution in [1.82, 2.24) is 10.2 Å². The van der Waals surface area contributed by atoms with Crippen molar-refractivity contribution >= 4 is 5.91 Å². The number of carbonyl (C=O) groups excluding carboxylic acids is 1. The fourth-order valence-corrected chi connectivity index (χ4v) is 3.39. The average molecular weight is 370 g/mol. The molecule has 0 aliphatic carbocycles. The quantitative estimate of drug-likeness (QED) is 0.839. The Bertz CT molecular complexity index is 791. The third kappa shape index (κ3) is 5.15. The molecule has 1 fully saturated rings. The average Bonchev–Trinajstić information content (AvgIpc) is 3.11. The van der Waals surface area contributed by atoms with E-state index in [1.165, 1.54) is 28.8 Å². The molecule has 1 amide bonds. The molecule has 2 aromatic carbocycles. The molecule has 2 aromatic rings. The van der Waals surface area contributed by atoms with E-state index >= 15 is 0 Å². The lowest BCUT2D eigenvalue weighted by Crippen LogP contribution is -2.29. The second kappa shape index (κ2) is 8.63. The van der Waals surface area contributed by atoms with E-state index in [0.29, 0.717) is 25.9 Å². The Kier molecular flexibility index (Phi) is 6.24. The largest absolute Gasteiger partial charge is 0.354 e. The summed E-state index contributed by atoms with van der Waals surface area (Å²) < 4.78 is 19.0. The van der Waals surface area contributed by atoms with Gasteiger partial charge in [0.1, 0.15) is 12.0 Å². The van der Waals surface area contributed by atoms with E-state index in [0.717, 1.165) is 5.56 Å². The second-order valence-electron chi connectivity index (χ2n) is 7.29. The highest BCUT2D eigenvalue weighted by atomic mass is 19.1. The van der Waals surface area contributed by atoms with E-state index in [2.05, 4.69) is 37.4 Å². The summed E-state index contributed by atoms with van der Waals surface area (Å²) in [5.41, 5.74) is 4.55. The first-order chi connectivity index (χ1) is 12.9. The maximum atomic E-state index is 13.0. The lowest BCUT2D eigenvalue weighted by Gasteiger charge is -2.20. The SMILES string of the molecule is Cc1ccc(CN(C)C(=O)CCC2NCC(c3ccc(F)cc3)O2)c(C)c1. The predicted octanol–water partition coefficient (Wildman–Crippen LogP) is 3.87. The minimum Gasteiger partial charge on any atom is -0.354 e. The van der Waals surface area contributed by atoms with Gasteiger partial charge in [0.15, 0.2) is 0 Å². The van der Waals surface area contributed by atoms with Gasteiger partial charge in [-0.2, -0.15) is 0 Å². The van der Waals surface area contributed by atoms with Gasteiger partial charge in [0.2, 0.25) is 5.91 Å². The van der Waals surface area contributed by atoms with Crippen LogP contribution in [0.4, 0.5) is 4.39 Å². The molecule has 1 N–H and O–H groups in total. The zero-order valence-electron chi connectivity index (χ0n) is 16.2. The fraction of sp³-hybridized carbons (Fsp3) is 0.409. The van der Waals surface area contributed by atoms with E-state index in [1.54, 1.807) is 17.0 Å². The smallest absolute Gasteiger partial charge is 0.222 e. The molecule has 27 heavy (non-hydrogen) atoms. The summed E-state index contributed by atoms with van der Waals surface area (Å²) in [6, 6.07) is 12.7. The Morgan fingerprint density at radius 2 is 1.96 bits per heavy atom. The number of ether oxygens (including phenoxy) is 1. The van der Waals surface area contributed by atoms with Gasteiger partial charge in [-0.25, -0.2) is 4.39 Å². The molecule has 4 nitrogen and oxygen atoms in total. The van der Waals surface area contributed by atoms with Crippen molar-refractivity contribution in [3.8, 4) is 0 Å². The molecule has 0 bridgehead atoms. The van der Waals surface area contributed by atoms with Crippen molar-refractivity contribution in [1.29, 1.82) is 0 Å². The maximum absolute atomic E-state index is 13.0. The van der Waals surface area contributed by atoms with Crippen molar-refractivity contribution in [2.75, 3.05) is 13.6 Å². The van der Waals surface area contributed by atoms with Gasteiger partial charge < -0.3 is 9.64 Å². The van der Waals surface area contributed by atoms with Crippen LogP contribution >= 0.6 is 0 Å². The van der Waals surface area contributed by atoms with Crippen LogP contribution in [0.3, 0.4) is 0 Å². The molecule has 1 saturated heterocycles. The molecule has 3 rings (SSSR count). The van der Waals surface area contributed by atoms with Crippen molar-refractivity contribution < 1.29 is 13.9 Å². The normalized spacial score (nSPS) is 19.3. The van der Waals surface area contributed by atoms with Gasteiger partial charge in [0.25, 0.3) is 0 Å². The highest BCUT2D eigenvalue weighted by Gasteiger charge is 2.26. The zero-order valence-corrected chi connectivity index (χ0v) is 16.2. The minimum atomic E-state index is -0.251. The van der Waals surface area contributed by atoms with Crippen LogP contribution in [0.2, 0.25) is 0 Å². The van der Waals surface area contributed by atoms with Crippen LogP contribution in [-0.2, 0) is 16.1 Å². The van der Waals surface area contributed by atoms with Crippen LogP contribution in [0.5, 0.6) is 0 Å². The summed E-state index contributed by atoms with van der Waals surface area (Å²) in [5.74, 6) is -0.149. The Morgan fingerprint density at radius 3 is 2.67 bits per heavy atom. The summed E-state index contributed by atoms with van der Waals surface area (Å²) >= 11 is 0. The number of halogens is 1. The summed E-state index contributed by atoms with van der Waals surface area (Å²) in [7, 11) is 1.84. The van der Waals surface area contributed by atoms with Gasteiger partial charge in [-0.15, -0.1) is 0 Å². The molecule has 1 aliphatic heterocycles. The van der Waals surface area contributed by atoms with E-state index < -0.39 is 0 Å². The number of carbonyl (C=O) groups is 1. The monoisotopic (exact) mass is 370 g/mol. The summed E-state index contributed by atoms with van der Waals surface area (Å²) in [6.07, 6.45) is 0.792. The number of aryl methyl sites for hydroxylation is 2. The molecule has 1 heterocycles. The number of rotatable bonds is 6. The van der Waals surface area contributed by atoms with Crippen molar-refractivity contribution in [3.05, 3.63) is 70.5 Å². The molecule has 0 radical (unpaired) electrons. The zero-order chi connectivity index (χ0) is 19.4. The number of hydrogen-bond donors (Lipinski definition) is 1. The van der Waals surface area contributed by atoms with Gasteiger partial charge in [0.05, 0.1) is 6.10 Å². The lowest BCUT2D eigenvalue weighted by atomic mass is 10.1. The van der Waals surface area contributed by atoms with Crippen LogP contribution in [0.15, 0.2) is 42.5 Å². The van der Waals surface area contributed by atoms with Gasteiger partial charge in [-0.1, -0.05) is 35.9 Å². The topological polar surface area (TPSA) is 41.6 Å². The molecule has 144 valence electrons. The maximum Gasteiger partial charge on any atom is 0.222 e. The Labute approximate surface area is 160 Å². The molecule has 1 aliphatic rings. The molecular weight excluding hydrogens is 343 g/mol. The summed E-state index contributed by atoms with van der Waals surface area (Å²) in [6.45, 7) is 5.43. The number of hydrogen-bond acceptors (Lipinski definition) is 3.